The Morgan fingerprint density at radius 1 is 1.48 bits per heavy atom. The number of rotatable bonds is 5. The zero-order valence-electron chi connectivity index (χ0n) is 13.7. The largest absolute Gasteiger partial charge is 0.462 e. The second kappa shape index (κ2) is 6.36. The first kappa shape index (κ1) is 15.5. The first-order valence-electron chi connectivity index (χ1n) is 7.87. The smallest absolute Gasteiger partial charge is 0.341 e. The summed E-state index contributed by atoms with van der Waals surface area (Å²) in [6, 6.07) is 0. The molecular weight excluding hydrogens is 294 g/mol. The molecule has 1 saturated carbocycles. The Labute approximate surface area is 135 Å². The molecule has 122 valence electrons. The minimum absolute atomic E-state index is 0.318. The Bertz CT molecular complexity index is 746. The van der Waals surface area contributed by atoms with Gasteiger partial charge in [0.25, 0.3) is 5.78 Å². The van der Waals surface area contributed by atoms with Crippen LogP contribution in [0.5, 0.6) is 0 Å². The Hall–Kier alpha value is -2.44. The van der Waals surface area contributed by atoms with E-state index in [1.807, 2.05) is 31.3 Å². The SMILES string of the molecule is CCOC(=O)c1cnc2nc(C3CCC3)nn2c1C=CN(C)C. The van der Waals surface area contributed by atoms with E-state index in [9.17, 15) is 4.79 Å². The van der Waals surface area contributed by atoms with Gasteiger partial charge in [-0.25, -0.2) is 9.78 Å². The topological polar surface area (TPSA) is 72.6 Å². The lowest BCUT2D eigenvalue weighted by atomic mass is 9.85. The summed E-state index contributed by atoms with van der Waals surface area (Å²) in [4.78, 5) is 22.9. The highest BCUT2D eigenvalue weighted by atomic mass is 16.5. The summed E-state index contributed by atoms with van der Waals surface area (Å²) in [6.45, 7) is 2.10. The highest BCUT2D eigenvalue weighted by Crippen LogP contribution is 2.34. The summed E-state index contributed by atoms with van der Waals surface area (Å²) in [5.74, 6) is 1.33. The van der Waals surface area contributed by atoms with Crippen molar-refractivity contribution in [2.45, 2.75) is 32.1 Å². The number of nitrogens with zero attached hydrogens (tertiary/aromatic N) is 5. The van der Waals surface area contributed by atoms with E-state index in [0.717, 1.165) is 18.7 Å². The average Bonchev–Trinajstić information content (AvgIpc) is 2.86. The van der Waals surface area contributed by atoms with Crippen LogP contribution < -0.4 is 0 Å². The van der Waals surface area contributed by atoms with Crippen LogP contribution in [0.3, 0.4) is 0 Å². The number of esters is 1. The van der Waals surface area contributed by atoms with Gasteiger partial charge in [0.05, 0.1) is 12.3 Å². The number of hydrogen-bond donors (Lipinski definition) is 0. The first-order chi connectivity index (χ1) is 11.1. The maximum Gasteiger partial charge on any atom is 0.341 e. The van der Waals surface area contributed by atoms with Crippen LogP contribution in [0.25, 0.3) is 11.9 Å². The predicted molar refractivity (Wildman–Crippen MR) is 86.1 cm³/mol. The fraction of sp³-hybridized carbons (Fsp3) is 0.500. The van der Waals surface area contributed by atoms with Crippen molar-refractivity contribution < 1.29 is 9.53 Å². The molecule has 1 aliphatic rings. The standard InChI is InChI=1S/C16H21N5O2/c1-4-23-15(22)12-10-17-16-18-14(11-6-5-7-11)19-21(16)13(12)8-9-20(2)3/h8-11H,4-7H2,1-3H3. The van der Waals surface area contributed by atoms with Crippen molar-refractivity contribution in [1.82, 2.24) is 24.5 Å². The van der Waals surface area contributed by atoms with Gasteiger partial charge in [0.2, 0.25) is 0 Å². The van der Waals surface area contributed by atoms with Crippen molar-refractivity contribution in [2.75, 3.05) is 20.7 Å². The predicted octanol–water partition coefficient (Wildman–Crippen LogP) is 2.10. The molecule has 7 heteroatoms. The van der Waals surface area contributed by atoms with E-state index >= 15 is 0 Å². The average molecular weight is 315 g/mol. The lowest BCUT2D eigenvalue weighted by Crippen LogP contribution is -2.13. The molecule has 7 nitrogen and oxygen atoms in total. The van der Waals surface area contributed by atoms with Crippen molar-refractivity contribution in [2.24, 2.45) is 0 Å². The Kier molecular flexibility index (Phi) is 4.27. The van der Waals surface area contributed by atoms with Crippen LogP contribution in [0.4, 0.5) is 0 Å². The molecule has 1 fully saturated rings. The van der Waals surface area contributed by atoms with Crippen LogP contribution >= 0.6 is 0 Å². The zero-order chi connectivity index (χ0) is 16.4. The Morgan fingerprint density at radius 3 is 2.87 bits per heavy atom. The van der Waals surface area contributed by atoms with E-state index in [0.29, 0.717) is 29.6 Å². The molecule has 0 amide bonds. The monoisotopic (exact) mass is 315 g/mol. The number of fused-ring (bicyclic) bond motifs is 1. The molecule has 0 spiro atoms. The van der Waals surface area contributed by atoms with Gasteiger partial charge in [-0.1, -0.05) is 6.42 Å². The summed E-state index contributed by atoms with van der Waals surface area (Å²) in [5.41, 5.74) is 1.03. The van der Waals surface area contributed by atoms with E-state index < -0.39 is 5.97 Å². The van der Waals surface area contributed by atoms with E-state index in [-0.39, 0.29) is 0 Å². The highest BCUT2D eigenvalue weighted by Gasteiger charge is 2.25. The maximum atomic E-state index is 12.2. The molecule has 0 N–H and O–H groups in total. The van der Waals surface area contributed by atoms with Crippen molar-refractivity contribution in [1.29, 1.82) is 0 Å². The van der Waals surface area contributed by atoms with E-state index in [1.54, 1.807) is 11.4 Å². The molecule has 2 aromatic rings. The van der Waals surface area contributed by atoms with Crippen molar-refractivity contribution in [3.05, 3.63) is 29.5 Å². The third-order valence-corrected chi connectivity index (χ3v) is 3.92. The van der Waals surface area contributed by atoms with Gasteiger partial charge >= 0.3 is 5.97 Å². The molecule has 0 aliphatic heterocycles. The Balaban J connectivity index is 2.10. The van der Waals surface area contributed by atoms with Crippen molar-refractivity contribution in [3.63, 3.8) is 0 Å². The van der Waals surface area contributed by atoms with Gasteiger partial charge in [-0.3, -0.25) is 0 Å². The van der Waals surface area contributed by atoms with Crippen LogP contribution in [0.2, 0.25) is 0 Å². The Morgan fingerprint density at radius 2 is 2.26 bits per heavy atom. The summed E-state index contributed by atoms with van der Waals surface area (Å²) in [6.07, 6.45) is 8.66. The van der Waals surface area contributed by atoms with Crippen molar-refractivity contribution in [3.8, 4) is 0 Å². The quantitative estimate of drug-likeness (QED) is 0.787. The molecule has 2 aromatic heterocycles. The minimum Gasteiger partial charge on any atom is -0.462 e. The lowest BCUT2D eigenvalue weighted by molar-refractivity contribution is 0.0525. The second-order valence-corrected chi connectivity index (χ2v) is 5.87. The number of hydrogen-bond acceptors (Lipinski definition) is 6. The fourth-order valence-electron chi connectivity index (χ4n) is 2.45. The second-order valence-electron chi connectivity index (χ2n) is 5.87. The van der Waals surface area contributed by atoms with Crippen LogP contribution in [-0.2, 0) is 4.74 Å². The van der Waals surface area contributed by atoms with Gasteiger partial charge in [0.1, 0.15) is 5.56 Å². The first-order valence-corrected chi connectivity index (χ1v) is 7.87. The lowest BCUT2D eigenvalue weighted by Gasteiger charge is -2.21. The fourth-order valence-corrected chi connectivity index (χ4v) is 2.45. The number of ether oxygens (including phenoxy) is 1. The van der Waals surface area contributed by atoms with E-state index in [2.05, 4.69) is 15.1 Å². The third-order valence-electron chi connectivity index (χ3n) is 3.92. The molecule has 23 heavy (non-hydrogen) atoms. The van der Waals surface area contributed by atoms with Gasteiger partial charge in [-0.15, -0.1) is 5.10 Å². The van der Waals surface area contributed by atoms with E-state index in [4.69, 9.17) is 4.74 Å². The molecule has 2 heterocycles. The molecule has 0 atom stereocenters. The van der Waals surface area contributed by atoms with Crippen LogP contribution in [0, 0.1) is 0 Å². The highest BCUT2D eigenvalue weighted by molar-refractivity contribution is 5.92. The van der Waals surface area contributed by atoms with Gasteiger partial charge in [-0.05, 0) is 25.8 Å². The number of carbonyl (C=O) groups excluding carboxylic acids is 1. The molecule has 0 unspecified atom stereocenters. The third kappa shape index (κ3) is 3.04. The maximum absolute atomic E-state index is 12.2. The molecule has 0 aromatic carbocycles. The summed E-state index contributed by atoms with van der Waals surface area (Å²) < 4.78 is 6.76. The normalized spacial score (nSPS) is 15.1. The van der Waals surface area contributed by atoms with Crippen LogP contribution in [0.15, 0.2) is 12.4 Å². The molecule has 3 rings (SSSR count). The zero-order valence-corrected chi connectivity index (χ0v) is 13.7. The van der Waals surface area contributed by atoms with Crippen LogP contribution in [0.1, 0.15) is 54.0 Å². The van der Waals surface area contributed by atoms with Gasteiger partial charge < -0.3 is 9.64 Å². The summed E-state index contributed by atoms with van der Waals surface area (Å²) >= 11 is 0. The summed E-state index contributed by atoms with van der Waals surface area (Å²) in [7, 11) is 3.83. The molecule has 1 aliphatic carbocycles. The van der Waals surface area contributed by atoms with Crippen LogP contribution in [-0.4, -0.2) is 51.2 Å². The van der Waals surface area contributed by atoms with Gasteiger partial charge in [0, 0.05) is 32.4 Å². The minimum atomic E-state index is -0.402. The van der Waals surface area contributed by atoms with E-state index in [1.165, 1.54) is 12.6 Å². The molecule has 0 bridgehead atoms. The molecule has 0 saturated heterocycles. The van der Waals surface area contributed by atoms with Gasteiger partial charge in [0.15, 0.2) is 5.82 Å². The van der Waals surface area contributed by atoms with Crippen molar-refractivity contribution >= 4 is 17.8 Å². The molecule has 0 radical (unpaired) electrons. The number of aromatic nitrogens is 4. The number of carbonyl (C=O) groups is 1. The van der Waals surface area contributed by atoms with Gasteiger partial charge in [-0.2, -0.15) is 9.50 Å². The summed E-state index contributed by atoms with van der Waals surface area (Å²) in [5, 5.41) is 4.58. The molecular formula is C16H21N5O2.